The number of nitrogens with zero attached hydrogens (tertiary/aromatic N) is 1. The molecule has 1 aromatic heterocycles. The van der Waals surface area contributed by atoms with E-state index in [9.17, 15) is 0 Å². The quantitative estimate of drug-likeness (QED) is 0.796. The van der Waals surface area contributed by atoms with Crippen LogP contribution >= 0.6 is 0 Å². The molecule has 1 aromatic rings. The van der Waals surface area contributed by atoms with Crippen molar-refractivity contribution >= 4 is 12.6 Å². The molecule has 120 valence electrons. The lowest BCUT2D eigenvalue weighted by atomic mass is 9.80. The fourth-order valence-electron chi connectivity index (χ4n) is 2.59. The second-order valence-corrected chi connectivity index (χ2v) is 6.99. The molecule has 6 heteroatoms. The van der Waals surface area contributed by atoms with E-state index in [0.29, 0.717) is 6.61 Å². The Kier molecular flexibility index (Phi) is 4.18. The molecule has 2 fully saturated rings. The van der Waals surface area contributed by atoms with Crippen LogP contribution in [0.5, 0.6) is 5.75 Å². The number of hydrogen-bond donors (Lipinski definition) is 0. The van der Waals surface area contributed by atoms with E-state index in [4.69, 9.17) is 18.8 Å². The first kappa shape index (κ1) is 15.8. The van der Waals surface area contributed by atoms with E-state index >= 15 is 0 Å². The minimum absolute atomic E-state index is 0.195. The minimum atomic E-state index is -0.413. The molecule has 1 atom stereocenters. The summed E-state index contributed by atoms with van der Waals surface area (Å²) in [6.45, 7) is 9.56. The SMILES string of the molecule is CC1(C)OB(c2cncc(OCC3CCCO3)c2)OC1(C)C. The van der Waals surface area contributed by atoms with Crippen molar-refractivity contribution in [3.8, 4) is 5.75 Å². The molecule has 2 aliphatic heterocycles. The number of ether oxygens (including phenoxy) is 2. The van der Waals surface area contributed by atoms with Crippen molar-refractivity contribution in [1.29, 1.82) is 0 Å². The van der Waals surface area contributed by atoms with E-state index in [0.717, 1.165) is 30.7 Å². The van der Waals surface area contributed by atoms with Crippen LogP contribution in [0.2, 0.25) is 0 Å². The van der Waals surface area contributed by atoms with Gasteiger partial charge in [-0.2, -0.15) is 0 Å². The van der Waals surface area contributed by atoms with Gasteiger partial charge in [0, 0.05) is 18.3 Å². The highest BCUT2D eigenvalue weighted by molar-refractivity contribution is 6.62. The van der Waals surface area contributed by atoms with E-state index in [2.05, 4.69) is 4.98 Å². The summed E-state index contributed by atoms with van der Waals surface area (Å²) in [6, 6.07) is 1.93. The first-order chi connectivity index (χ1) is 10.4. The first-order valence-electron chi connectivity index (χ1n) is 7.92. The molecule has 1 unspecified atom stereocenters. The number of pyridine rings is 1. The van der Waals surface area contributed by atoms with Crippen LogP contribution in [0.4, 0.5) is 0 Å². The number of aromatic nitrogens is 1. The Hall–Kier alpha value is -1.11. The molecule has 0 bridgehead atoms. The molecule has 0 aromatic carbocycles. The summed E-state index contributed by atoms with van der Waals surface area (Å²) in [6.07, 6.45) is 5.84. The lowest BCUT2D eigenvalue weighted by molar-refractivity contribution is 0.00578. The highest BCUT2D eigenvalue weighted by Gasteiger charge is 2.51. The lowest BCUT2D eigenvalue weighted by Crippen LogP contribution is -2.41. The molecule has 22 heavy (non-hydrogen) atoms. The van der Waals surface area contributed by atoms with Crippen molar-refractivity contribution in [1.82, 2.24) is 4.98 Å². The summed E-state index contributed by atoms with van der Waals surface area (Å²) in [4.78, 5) is 4.24. The molecule has 0 amide bonds. The summed E-state index contributed by atoms with van der Waals surface area (Å²) in [7, 11) is -0.413. The third kappa shape index (κ3) is 3.14. The van der Waals surface area contributed by atoms with Gasteiger partial charge < -0.3 is 18.8 Å². The summed E-state index contributed by atoms with van der Waals surface area (Å²) in [5.74, 6) is 0.725. The van der Waals surface area contributed by atoms with Crippen LogP contribution in [0.3, 0.4) is 0 Å². The van der Waals surface area contributed by atoms with E-state index in [-0.39, 0.29) is 17.3 Å². The van der Waals surface area contributed by atoms with Gasteiger partial charge in [-0.15, -0.1) is 0 Å². The smallest absolute Gasteiger partial charge is 0.489 e. The summed E-state index contributed by atoms with van der Waals surface area (Å²) < 4.78 is 23.4. The van der Waals surface area contributed by atoms with E-state index in [1.54, 1.807) is 12.4 Å². The first-order valence-corrected chi connectivity index (χ1v) is 7.92. The second-order valence-electron chi connectivity index (χ2n) is 6.99. The molecule has 5 nitrogen and oxygen atoms in total. The zero-order valence-corrected chi connectivity index (χ0v) is 13.8. The third-order valence-corrected chi connectivity index (χ3v) is 4.72. The molecule has 0 saturated carbocycles. The highest BCUT2D eigenvalue weighted by Crippen LogP contribution is 2.36. The largest absolute Gasteiger partial charge is 0.496 e. The Bertz CT molecular complexity index is 513. The fraction of sp³-hybridized carbons (Fsp3) is 0.688. The van der Waals surface area contributed by atoms with E-state index in [1.165, 1.54) is 0 Å². The topological polar surface area (TPSA) is 49.8 Å². The maximum Gasteiger partial charge on any atom is 0.496 e. The van der Waals surface area contributed by atoms with Gasteiger partial charge in [0.2, 0.25) is 0 Å². The van der Waals surface area contributed by atoms with Crippen LogP contribution in [0.25, 0.3) is 0 Å². The zero-order valence-electron chi connectivity index (χ0n) is 13.8. The minimum Gasteiger partial charge on any atom is -0.489 e. The molecule has 0 spiro atoms. The average Bonchev–Trinajstić information content (AvgIpc) is 3.04. The third-order valence-electron chi connectivity index (χ3n) is 4.72. The van der Waals surface area contributed by atoms with Crippen LogP contribution in [-0.2, 0) is 14.0 Å². The van der Waals surface area contributed by atoms with Crippen molar-refractivity contribution in [3.63, 3.8) is 0 Å². The maximum absolute atomic E-state index is 6.04. The fourth-order valence-corrected chi connectivity index (χ4v) is 2.59. The van der Waals surface area contributed by atoms with Crippen molar-refractivity contribution in [2.45, 2.75) is 57.8 Å². The van der Waals surface area contributed by atoms with Crippen LogP contribution in [-0.4, -0.2) is 42.6 Å². The zero-order chi connectivity index (χ0) is 15.8. The van der Waals surface area contributed by atoms with E-state index < -0.39 is 7.12 Å². The lowest BCUT2D eigenvalue weighted by Gasteiger charge is -2.32. The van der Waals surface area contributed by atoms with Gasteiger partial charge in [-0.05, 0) is 46.6 Å². The number of rotatable bonds is 4. The summed E-state index contributed by atoms with van der Waals surface area (Å²) in [5, 5.41) is 0. The van der Waals surface area contributed by atoms with Crippen molar-refractivity contribution in [2.24, 2.45) is 0 Å². The Balaban J connectivity index is 1.66. The van der Waals surface area contributed by atoms with Crippen LogP contribution in [0.1, 0.15) is 40.5 Å². The standard InChI is InChI=1S/C16H24BNO4/c1-15(2)16(3,4)22-17(21-15)12-8-14(10-18-9-12)20-11-13-6-5-7-19-13/h8-10,13H,5-7,11H2,1-4H3. The molecular weight excluding hydrogens is 281 g/mol. The van der Waals surface area contributed by atoms with Crippen molar-refractivity contribution < 1.29 is 18.8 Å². The molecule has 3 heterocycles. The van der Waals surface area contributed by atoms with Crippen molar-refractivity contribution in [3.05, 3.63) is 18.5 Å². The number of hydrogen-bond acceptors (Lipinski definition) is 5. The van der Waals surface area contributed by atoms with E-state index in [1.807, 2.05) is 33.8 Å². The van der Waals surface area contributed by atoms with Gasteiger partial charge in [0.15, 0.2) is 0 Å². The summed E-state index contributed by atoms with van der Waals surface area (Å²) >= 11 is 0. The average molecular weight is 305 g/mol. The monoisotopic (exact) mass is 305 g/mol. The summed E-state index contributed by atoms with van der Waals surface area (Å²) in [5.41, 5.74) is 0.168. The second kappa shape index (κ2) is 5.83. The molecule has 0 radical (unpaired) electrons. The van der Waals surface area contributed by atoms with Gasteiger partial charge in [0.05, 0.1) is 23.5 Å². The molecular formula is C16H24BNO4. The predicted octanol–water partition coefficient (Wildman–Crippen LogP) is 1.94. The normalized spacial score (nSPS) is 26.4. The predicted molar refractivity (Wildman–Crippen MR) is 84.4 cm³/mol. The van der Waals surface area contributed by atoms with Gasteiger partial charge >= 0.3 is 7.12 Å². The Morgan fingerprint density at radius 2 is 1.95 bits per heavy atom. The van der Waals surface area contributed by atoms with Crippen molar-refractivity contribution in [2.75, 3.05) is 13.2 Å². The Morgan fingerprint density at radius 3 is 2.59 bits per heavy atom. The van der Waals surface area contributed by atoms with Crippen LogP contribution < -0.4 is 10.2 Å². The van der Waals surface area contributed by atoms with Crippen LogP contribution in [0.15, 0.2) is 18.5 Å². The Labute approximate surface area is 132 Å². The van der Waals surface area contributed by atoms with Gasteiger partial charge in [-0.1, -0.05) is 0 Å². The molecule has 2 saturated heterocycles. The molecule has 3 rings (SSSR count). The van der Waals surface area contributed by atoms with Gasteiger partial charge in [0.25, 0.3) is 0 Å². The van der Waals surface area contributed by atoms with Crippen LogP contribution in [0, 0.1) is 0 Å². The molecule has 0 N–H and O–H groups in total. The van der Waals surface area contributed by atoms with Gasteiger partial charge in [0.1, 0.15) is 12.4 Å². The van der Waals surface area contributed by atoms with Gasteiger partial charge in [-0.3, -0.25) is 4.98 Å². The molecule has 0 aliphatic carbocycles. The molecule has 2 aliphatic rings. The Morgan fingerprint density at radius 1 is 1.23 bits per heavy atom. The maximum atomic E-state index is 6.04. The highest BCUT2D eigenvalue weighted by atomic mass is 16.7. The van der Waals surface area contributed by atoms with Gasteiger partial charge in [-0.25, -0.2) is 0 Å².